The molecule has 110 valence electrons. The minimum absolute atomic E-state index is 0.139. The Balaban J connectivity index is 2.21. The number of rotatable bonds is 5. The molecule has 1 unspecified atom stereocenters. The predicted octanol–water partition coefficient (Wildman–Crippen LogP) is 4.20. The van der Waals surface area contributed by atoms with Gasteiger partial charge in [-0.05, 0) is 22.8 Å². The molecule has 0 aliphatic heterocycles. The molecule has 2 heteroatoms. The molecule has 21 heavy (non-hydrogen) atoms. The summed E-state index contributed by atoms with van der Waals surface area (Å²) in [5.74, 6) is -0.109. The van der Waals surface area contributed by atoms with E-state index in [0.29, 0.717) is 12.8 Å². The molecule has 2 rings (SSSR count). The van der Waals surface area contributed by atoms with Crippen molar-refractivity contribution >= 4 is 22.8 Å². The highest BCUT2D eigenvalue weighted by Crippen LogP contribution is 2.24. The molecule has 0 aliphatic rings. The van der Waals surface area contributed by atoms with Crippen LogP contribution >= 0.6 is 0 Å². The van der Waals surface area contributed by atoms with E-state index in [1.807, 2.05) is 45.0 Å². The Hall–Kier alpha value is -1.96. The van der Waals surface area contributed by atoms with Gasteiger partial charge in [0, 0.05) is 17.8 Å². The van der Waals surface area contributed by atoms with Gasteiger partial charge in [-0.1, -0.05) is 63.2 Å². The zero-order chi connectivity index (χ0) is 15.5. The average Bonchev–Trinajstić information content (AvgIpc) is 2.45. The summed E-state index contributed by atoms with van der Waals surface area (Å²) in [7, 11) is 0. The molecular formula is C19H22O2. The summed E-state index contributed by atoms with van der Waals surface area (Å²) in [5.41, 5.74) is 0.743. The second-order valence-electron chi connectivity index (χ2n) is 6.62. The summed E-state index contributed by atoms with van der Waals surface area (Å²) in [5, 5.41) is 2.33. The van der Waals surface area contributed by atoms with Crippen molar-refractivity contribution in [1.29, 1.82) is 0 Å². The standard InChI is InChI=1S/C19H22O2/c1-19(2,3)18(21)12-14(13-20)11-16-9-6-8-15-7-4-5-10-17(15)16/h4-10,13-14H,11-12H2,1-3H3. The van der Waals surface area contributed by atoms with Gasteiger partial charge in [0.1, 0.15) is 12.1 Å². The lowest BCUT2D eigenvalue weighted by Gasteiger charge is -2.19. The van der Waals surface area contributed by atoms with Crippen LogP contribution in [0.3, 0.4) is 0 Å². The van der Waals surface area contributed by atoms with Crippen LogP contribution in [0.15, 0.2) is 42.5 Å². The van der Waals surface area contributed by atoms with Crippen molar-refractivity contribution in [3.8, 4) is 0 Å². The third-order valence-corrected chi connectivity index (χ3v) is 3.84. The quantitative estimate of drug-likeness (QED) is 0.770. The zero-order valence-corrected chi connectivity index (χ0v) is 12.9. The first-order valence-corrected chi connectivity index (χ1v) is 7.37. The van der Waals surface area contributed by atoms with Crippen molar-refractivity contribution in [3.05, 3.63) is 48.0 Å². The third-order valence-electron chi connectivity index (χ3n) is 3.84. The molecule has 2 aromatic carbocycles. The summed E-state index contributed by atoms with van der Waals surface area (Å²) < 4.78 is 0. The first-order valence-electron chi connectivity index (χ1n) is 7.37. The molecule has 0 saturated carbocycles. The fraction of sp³-hybridized carbons (Fsp3) is 0.368. The van der Waals surface area contributed by atoms with Gasteiger partial charge in [0.15, 0.2) is 0 Å². The highest BCUT2D eigenvalue weighted by atomic mass is 16.1. The number of hydrogen-bond donors (Lipinski definition) is 0. The molecule has 0 spiro atoms. The molecule has 0 radical (unpaired) electrons. The van der Waals surface area contributed by atoms with Crippen molar-refractivity contribution < 1.29 is 9.59 Å². The van der Waals surface area contributed by atoms with Crippen LogP contribution in [0, 0.1) is 11.3 Å². The maximum atomic E-state index is 12.1. The van der Waals surface area contributed by atoms with Crippen LogP contribution in [0.25, 0.3) is 10.8 Å². The lowest BCUT2D eigenvalue weighted by atomic mass is 9.83. The van der Waals surface area contributed by atoms with Crippen LogP contribution in [-0.2, 0) is 16.0 Å². The van der Waals surface area contributed by atoms with Crippen LogP contribution in [0.4, 0.5) is 0 Å². The maximum Gasteiger partial charge on any atom is 0.138 e. The lowest BCUT2D eigenvalue weighted by molar-refractivity contribution is -0.129. The van der Waals surface area contributed by atoms with Gasteiger partial charge in [0.25, 0.3) is 0 Å². The van der Waals surface area contributed by atoms with Gasteiger partial charge in [0.2, 0.25) is 0 Å². The van der Waals surface area contributed by atoms with Crippen LogP contribution in [-0.4, -0.2) is 12.1 Å². The molecule has 0 amide bonds. The van der Waals surface area contributed by atoms with E-state index < -0.39 is 0 Å². The van der Waals surface area contributed by atoms with Gasteiger partial charge in [0.05, 0.1) is 0 Å². The maximum absolute atomic E-state index is 12.1. The summed E-state index contributed by atoms with van der Waals surface area (Å²) in [6, 6.07) is 14.3. The van der Waals surface area contributed by atoms with E-state index in [4.69, 9.17) is 0 Å². The zero-order valence-electron chi connectivity index (χ0n) is 12.9. The second-order valence-corrected chi connectivity index (χ2v) is 6.62. The van der Waals surface area contributed by atoms with Crippen molar-refractivity contribution in [2.24, 2.45) is 11.3 Å². The molecule has 0 fully saturated rings. The van der Waals surface area contributed by atoms with E-state index in [0.717, 1.165) is 17.2 Å². The Morgan fingerprint density at radius 1 is 1.10 bits per heavy atom. The molecule has 2 aromatic rings. The van der Waals surface area contributed by atoms with E-state index in [9.17, 15) is 9.59 Å². The van der Waals surface area contributed by atoms with Crippen molar-refractivity contribution in [3.63, 3.8) is 0 Å². The number of carbonyl (C=O) groups is 2. The monoisotopic (exact) mass is 282 g/mol. The fourth-order valence-corrected chi connectivity index (χ4v) is 2.47. The lowest BCUT2D eigenvalue weighted by Crippen LogP contribution is -2.24. The first kappa shape index (κ1) is 15.4. The van der Waals surface area contributed by atoms with E-state index in [2.05, 4.69) is 18.2 Å². The van der Waals surface area contributed by atoms with E-state index in [1.54, 1.807) is 0 Å². The minimum Gasteiger partial charge on any atom is -0.303 e. The average molecular weight is 282 g/mol. The van der Waals surface area contributed by atoms with Gasteiger partial charge in [-0.15, -0.1) is 0 Å². The number of Topliss-reactive ketones (excluding diaryl/α,β-unsaturated/α-hetero) is 1. The molecule has 0 N–H and O–H groups in total. The topological polar surface area (TPSA) is 34.1 Å². The largest absolute Gasteiger partial charge is 0.303 e. The molecule has 2 nitrogen and oxygen atoms in total. The number of aldehydes is 1. The highest BCUT2D eigenvalue weighted by molar-refractivity contribution is 5.87. The first-order chi connectivity index (χ1) is 9.91. The van der Waals surface area contributed by atoms with Crippen molar-refractivity contribution in [2.75, 3.05) is 0 Å². The predicted molar refractivity (Wildman–Crippen MR) is 86.3 cm³/mol. The Kier molecular flexibility index (Phi) is 4.56. The van der Waals surface area contributed by atoms with Crippen LogP contribution in [0.5, 0.6) is 0 Å². The summed E-state index contributed by atoms with van der Waals surface area (Å²) in [6.45, 7) is 5.69. The molecule has 0 bridgehead atoms. The number of ketones is 1. The number of fused-ring (bicyclic) bond motifs is 1. The van der Waals surface area contributed by atoms with Crippen LogP contribution < -0.4 is 0 Å². The smallest absolute Gasteiger partial charge is 0.138 e. The minimum atomic E-state index is -0.389. The van der Waals surface area contributed by atoms with Gasteiger partial charge in [-0.2, -0.15) is 0 Å². The van der Waals surface area contributed by atoms with Gasteiger partial charge >= 0.3 is 0 Å². The van der Waals surface area contributed by atoms with Crippen LogP contribution in [0.1, 0.15) is 32.8 Å². The van der Waals surface area contributed by atoms with Gasteiger partial charge < -0.3 is 4.79 Å². The number of benzene rings is 2. The Bertz CT molecular complexity index is 645. The number of hydrogen-bond acceptors (Lipinski definition) is 2. The normalized spacial score (nSPS) is 13.1. The molecular weight excluding hydrogens is 260 g/mol. The second kappa shape index (κ2) is 6.21. The third kappa shape index (κ3) is 3.78. The van der Waals surface area contributed by atoms with E-state index >= 15 is 0 Å². The van der Waals surface area contributed by atoms with Crippen molar-refractivity contribution in [1.82, 2.24) is 0 Å². The summed E-state index contributed by atoms with van der Waals surface area (Å²) >= 11 is 0. The molecule has 0 aliphatic carbocycles. The fourth-order valence-electron chi connectivity index (χ4n) is 2.47. The molecule has 1 atom stereocenters. The van der Waals surface area contributed by atoms with E-state index in [1.165, 1.54) is 5.39 Å². The van der Waals surface area contributed by atoms with Crippen LogP contribution in [0.2, 0.25) is 0 Å². The molecule has 0 saturated heterocycles. The summed E-state index contributed by atoms with van der Waals surface area (Å²) in [6.07, 6.45) is 1.86. The van der Waals surface area contributed by atoms with Gasteiger partial charge in [-0.3, -0.25) is 4.79 Å². The SMILES string of the molecule is CC(C)(C)C(=O)CC(C=O)Cc1cccc2ccccc12. The Morgan fingerprint density at radius 3 is 2.43 bits per heavy atom. The Labute approximate surface area is 126 Å². The summed E-state index contributed by atoms with van der Waals surface area (Å²) in [4.78, 5) is 23.5. The Morgan fingerprint density at radius 2 is 1.76 bits per heavy atom. The van der Waals surface area contributed by atoms with E-state index in [-0.39, 0.29) is 17.1 Å². The highest BCUT2D eigenvalue weighted by Gasteiger charge is 2.24. The van der Waals surface area contributed by atoms with Crippen molar-refractivity contribution in [2.45, 2.75) is 33.6 Å². The molecule has 0 aromatic heterocycles. The number of carbonyl (C=O) groups excluding carboxylic acids is 2. The van der Waals surface area contributed by atoms with Gasteiger partial charge in [-0.25, -0.2) is 0 Å². The molecule has 0 heterocycles.